The molecule has 0 aliphatic carbocycles. The second-order valence-electron chi connectivity index (χ2n) is 7.40. The molecular formula is C26H28O2. The van der Waals surface area contributed by atoms with E-state index < -0.39 is 0 Å². The molecule has 0 bridgehead atoms. The summed E-state index contributed by atoms with van der Waals surface area (Å²) in [6.45, 7) is 5.91. The van der Waals surface area contributed by atoms with E-state index >= 15 is 0 Å². The van der Waals surface area contributed by atoms with E-state index in [1.165, 1.54) is 32.3 Å². The second kappa shape index (κ2) is 8.52. The van der Waals surface area contributed by atoms with Crippen molar-refractivity contribution in [1.82, 2.24) is 0 Å². The highest BCUT2D eigenvalue weighted by Crippen LogP contribution is 2.34. The molecule has 0 heterocycles. The third-order valence-corrected chi connectivity index (χ3v) is 5.31. The minimum Gasteiger partial charge on any atom is -0.494 e. The molecule has 0 saturated heterocycles. The van der Waals surface area contributed by atoms with E-state index in [2.05, 4.69) is 74.5 Å². The Labute approximate surface area is 167 Å². The molecule has 0 aliphatic heterocycles. The van der Waals surface area contributed by atoms with Crippen LogP contribution in [0.25, 0.3) is 32.3 Å². The summed E-state index contributed by atoms with van der Waals surface area (Å²) in [4.78, 5) is 0. The van der Waals surface area contributed by atoms with Crippen molar-refractivity contribution < 1.29 is 9.47 Å². The summed E-state index contributed by atoms with van der Waals surface area (Å²) in [6, 6.07) is 21.7. The molecule has 2 nitrogen and oxygen atoms in total. The molecule has 144 valence electrons. The lowest BCUT2D eigenvalue weighted by Gasteiger charge is -2.12. The fourth-order valence-corrected chi connectivity index (χ4v) is 3.67. The zero-order valence-electron chi connectivity index (χ0n) is 16.8. The largest absolute Gasteiger partial charge is 0.494 e. The van der Waals surface area contributed by atoms with Crippen LogP contribution in [0.2, 0.25) is 0 Å². The molecule has 4 rings (SSSR count). The van der Waals surface area contributed by atoms with Gasteiger partial charge in [0.25, 0.3) is 0 Å². The van der Waals surface area contributed by atoms with Crippen LogP contribution in [0.3, 0.4) is 0 Å². The second-order valence-corrected chi connectivity index (χ2v) is 7.40. The lowest BCUT2D eigenvalue weighted by atomic mass is 9.97. The molecule has 0 amide bonds. The summed E-state index contributed by atoms with van der Waals surface area (Å²) in [5.74, 6) is 1.90. The predicted molar refractivity (Wildman–Crippen MR) is 120 cm³/mol. The Hall–Kier alpha value is -2.74. The molecule has 28 heavy (non-hydrogen) atoms. The van der Waals surface area contributed by atoms with Crippen molar-refractivity contribution >= 4 is 32.3 Å². The lowest BCUT2D eigenvalue weighted by molar-refractivity contribution is 0.309. The molecule has 4 aromatic rings. The summed E-state index contributed by atoms with van der Waals surface area (Å²) in [6.07, 6.45) is 4.45. The van der Waals surface area contributed by atoms with E-state index in [1.807, 2.05) is 0 Å². The SMILES string of the molecule is CCCCOc1ccc2ccc3c4cc(OCCCC)ccc4ccc3c2c1. The molecule has 0 N–H and O–H groups in total. The van der Waals surface area contributed by atoms with Gasteiger partial charge in [-0.05, 0) is 69.4 Å². The van der Waals surface area contributed by atoms with Crippen molar-refractivity contribution in [1.29, 1.82) is 0 Å². The molecule has 0 spiro atoms. The Balaban J connectivity index is 1.79. The van der Waals surface area contributed by atoms with Gasteiger partial charge in [-0.15, -0.1) is 0 Å². The van der Waals surface area contributed by atoms with Gasteiger partial charge in [0.2, 0.25) is 0 Å². The first-order chi connectivity index (χ1) is 13.8. The average molecular weight is 373 g/mol. The van der Waals surface area contributed by atoms with Crippen molar-refractivity contribution in [2.75, 3.05) is 13.2 Å². The van der Waals surface area contributed by atoms with Gasteiger partial charge in [0.05, 0.1) is 13.2 Å². The van der Waals surface area contributed by atoms with Crippen LogP contribution < -0.4 is 9.47 Å². The van der Waals surface area contributed by atoms with Crippen LogP contribution in [0.5, 0.6) is 11.5 Å². The first kappa shape index (κ1) is 18.6. The third kappa shape index (κ3) is 3.77. The van der Waals surface area contributed by atoms with Crippen molar-refractivity contribution in [3.8, 4) is 11.5 Å². The normalized spacial score (nSPS) is 11.4. The number of fused-ring (bicyclic) bond motifs is 5. The van der Waals surface area contributed by atoms with Gasteiger partial charge in [-0.25, -0.2) is 0 Å². The number of unbranched alkanes of at least 4 members (excludes halogenated alkanes) is 2. The van der Waals surface area contributed by atoms with Gasteiger partial charge < -0.3 is 9.47 Å². The summed E-state index contributed by atoms with van der Waals surface area (Å²) < 4.78 is 11.9. The van der Waals surface area contributed by atoms with E-state index in [0.29, 0.717) is 0 Å². The zero-order valence-corrected chi connectivity index (χ0v) is 16.8. The van der Waals surface area contributed by atoms with Crippen LogP contribution in [-0.2, 0) is 0 Å². The highest BCUT2D eigenvalue weighted by molar-refractivity contribution is 6.17. The Morgan fingerprint density at radius 2 is 0.964 bits per heavy atom. The molecule has 0 saturated carbocycles. The first-order valence-electron chi connectivity index (χ1n) is 10.4. The van der Waals surface area contributed by atoms with Gasteiger partial charge >= 0.3 is 0 Å². The monoisotopic (exact) mass is 372 g/mol. The van der Waals surface area contributed by atoms with Crippen LogP contribution in [-0.4, -0.2) is 13.2 Å². The molecule has 0 unspecified atom stereocenters. The molecule has 0 aromatic heterocycles. The highest BCUT2D eigenvalue weighted by atomic mass is 16.5. The number of hydrogen-bond acceptors (Lipinski definition) is 2. The maximum Gasteiger partial charge on any atom is 0.119 e. The van der Waals surface area contributed by atoms with E-state index in [0.717, 1.165) is 50.4 Å². The molecular weight excluding hydrogens is 344 g/mol. The number of hydrogen-bond donors (Lipinski definition) is 0. The minimum absolute atomic E-state index is 0.772. The summed E-state index contributed by atoms with van der Waals surface area (Å²) in [5, 5.41) is 7.49. The highest BCUT2D eigenvalue weighted by Gasteiger charge is 2.07. The van der Waals surface area contributed by atoms with Crippen molar-refractivity contribution in [2.24, 2.45) is 0 Å². The van der Waals surface area contributed by atoms with Gasteiger partial charge in [-0.3, -0.25) is 0 Å². The average Bonchev–Trinajstić information content (AvgIpc) is 2.73. The molecule has 0 atom stereocenters. The molecule has 4 aromatic carbocycles. The predicted octanol–water partition coefficient (Wildman–Crippen LogP) is 7.50. The Bertz CT molecular complexity index is 1010. The number of benzene rings is 4. The molecule has 0 fully saturated rings. The molecule has 0 radical (unpaired) electrons. The van der Waals surface area contributed by atoms with Gasteiger partial charge in [0, 0.05) is 0 Å². The van der Waals surface area contributed by atoms with E-state index in [4.69, 9.17) is 9.47 Å². The van der Waals surface area contributed by atoms with Gasteiger partial charge in [0.15, 0.2) is 0 Å². The molecule has 0 aliphatic rings. The standard InChI is InChI=1S/C26H28O2/c1-3-5-15-27-21-11-7-19-9-14-24-23(25(19)17-21)13-10-20-8-12-22(18-26(20)24)28-16-6-4-2/h7-14,17-18H,3-6,15-16H2,1-2H3. The topological polar surface area (TPSA) is 18.5 Å². The van der Waals surface area contributed by atoms with Gasteiger partial charge in [0.1, 0.15) is 11.5 Å². The summed E-state index contributed by atoms with van der Waals surface area (Å²) in [5.41, 5.74) is 0. The van der Waals surface area contributed by atoms with Crippen LogP contribution in [0.1, 0.15) is 39.5 Å². The maximum atomic E-state index is 5.94. The number of ether oxygens (including phenoxy) is 2. The lowest BCUT2D eigenvalue weighted by Crippen LogP contribution is -1.96. The van der Waals surface area contributed by atoms with E-state index in [9.17, 15) is 0 Å². The van der Waals surface area contributed by atoms with E-state index in [1.54, 1.807) is 0 Å². The van der Waals surface area contributed by atoms with Gasteiger partial charge in [-0.1, -0.05) is 63.1 Å². The fourth-order valence-electron chi connectivity index (χ4n) is 3.67. The Morgan fingerprint density at radius 1 is 0.536 bits per heavy atom. The Kier molecular flexibility index (Phi) is 5.66. The number of rotatable bonds is 8. The van der Waals surface area contributed by atoms with Gasteiger partial charge in [-0.2, -0.15) is 0 Å². The van der Waals surface area contributed by atoms with Crippen LogP contribution in [0, 0.1) is 0 Å². The molecule has 2 heteroatoms. The van der Waals surface area contributed by atoms with Crippen molar-refractivity contribution in [2.45, 2.75) is 39.5 Å². The smallest absolute Gasteiger partial charge is 0.119 e. The first-order valence-corrected chi connectivity index (χ1v) is 10.4. The fraction of sp³-hybridized carbons (Fsp3) is 0.308. The summed E-state index contributed by atoms with van der Waals surface area (Å²) in [7, 11) is 0. The zero-order chi connectivity index (χ0) is 19.3. The van der Waals surface area contributed by atoms with Crippen molar-refractivity contribution in [3.63, 3.8) is 0 Å². The maximum absolute atomic E-state index is 5.94. The van der Waals surface area contributed by atoms with Crippen LogP contribution in [0.4, 0.5) is 0 Å². The van der Waals surface area contributed by atoms with Crippen LogP contribution >= 0.6 is 0 Å². The van der Waals surface area contributed by atoms with Crippen LogP contribution in [0.15, 0.2) is 60.7 Å². The third-order valence-electron chi connectivity index (χ3n) is 5.31. The Morgan fingerprint density at radius 3 is 1.39 bits per heavy atom. The minimum atomic E-state index is 0.772. The van der Waals surface area contributed by atoms with Crippen molar-refractivity contribution in [3.05, 3.63) is 60.7 Å². The summed E-state index contributed by atoms with van der Waals surface area (Å²) >= 11 is 0. The quantitative estimate of drug-likeness (QED) is 0.235. The van der Waals surface area contributed by atoms with E-state index in [-0.39, 0.29) is 0 Å².